The lowest BCUT2D eigenvalue weighted by Crippen LogP contribution is -2.41. The number of nitro groups is 1. The van der Waals surface area contributed by atoms with E-state index in [4.69, 9.17) is 4.42 Å². The lowest BCUT2D eigenvalue weighted by molar-refractivity contribution is -0.384. The number of aromatic nitrogens is 2. The van der Waals surface area contributed by atoms with Crippen LogP contribution in [-0.4, -0.2) is 44.5 Å². The van der Waals surface area contributed by atoms with E-state index < -0.39 is 4.92 Å². The molecule has 10 heteroatoms. The zero-order chi connectivity index (χ0) is 22.0. The minimum Gasteiger partial charge on any atom is -0.459 e. The molecule has 1 N–H and O–H groups in total. The highest BCUT2D eigenvalue weighted by Gasteiger charge is 2.29. The first kappa shape index (κ1) is 20.3. The van der Waals surface area contributed by atoms with Crippen molar-refractivity contribution in [3.63, 3.8) is 0 Å². The predicted molar refractivity (Wildman–Crippen MR) is 111 cm³/mol. The van der Waals surface area contributed by atoms with Crippen LogP contribution in [0.15, 0.2) is 53.1 Å². The molecular weight excluding hydrogens is 402 g/mol. The van der Waals surface area contributed by atoms with Gasteiger partial charge in [0.2, 0.25) is 5.91 Å². The number of furan rings is 1. The number of nitrogens with one attached hydrogen (secondary N) is 1. The second-order valence-corrected chi connectivity index (χ2v) is 7.39. The lowest BCUT2D eigenvalue weighted by Gasteiger charge is -2.30. The van der Waals surface area contributed by atoms with Gasteiger partial charge in [-0.05, 0) is 44.0 Å². The van der Waals surface area contributed by atoms with E-state index in [0.29, 0.717) is 48.9 Å². The topological polar surface area (TPSA) is 124 Å². The highest BCUT2D eigenvalue weighted by atomic mass is 16.6. The van der Waals surface area contributed by atoms with Crippen molar-refractivity contribution in [2.75, 3.05) is 18.4 Å². The number of amides is 2. The maximum atomic E-state index is 12.8. The SMILES string of the molecule is Cc1cc(NC(=O)C2CCN(C(=O)c3ccco3)CC2)n(-c2ccc([N+](=O)[O-])cc2)n1. The Morgan fingerprint density at radius 1 is 1.19 bits per heavy atom. The Labute approximate surface area is 177 Å². The first-order valence-electron chi connectivity index (χ1n) is 9.87. The summed E-state index contributed by atoms with van der Waals surface area (Å²) < 4.78 is 6.71. The van der Waals surface area contributed by atoms with Crippen molar-refractivity contribution < 1.29 is 18.9 Å². The molecule has 1 aliphatic rings. The molecule has 0 bridgehead atoms. The van der Waals surface area contributed by atoms with Gasteiger partial charge in [0, 0.05) is 37.2 Å². The average molecular weight is 423 g/mol. The maximum absolute atomic E-state index is 12.8. The number of non-ortho nitro benzene ring substituents is 1. The van der Waals surface area contributed by atoms with Crippen LogP contribution in [0.1, 0.15) is 29.1 Å². The van der Waals surface area contributed by atoms with Gasteiger partial charge >= 0.3 is 0 Å². The molecule has 3 heterocycles. The number of rotatable bonds is 5. The van der Waals surface area contributed by atoms with Gasteiger partial charge in [-0.25, -0.2) is 4.68 Å². The van der Waals surface area contributed by atoms with Crippen LogP contribution in [0.2, 0.25) is 0 Å². The minimum atomic E-state index is -0.468. The highest BCUT2D eigenvalue weighted by molar-refractivity contribution is 5.93. The molecule has 10 nitrogen and oxygen atoms in total. The van der Waals surface area contributed by atoms with Crippen LogP contribution in [0.5, 0.6) is 0 Å². The average Bonchev–Trinajstić information content (AvgIpc) is 3.43. The van der Waals surface area contributed by atoms with Gasteiger partial charge in [-0.1, -0.05) is 0 Å². The van der Waals surface area contributed by atoms with E-state index in [0.717, 1.165) is 0 Å². The summed E-state index contributed by atoms with van der Waals surface area (Å²) in [5.74, 6) is 0.237. The summed E-state index contributed by atoms with van der Waals surface area (Å²) in [5, 5.41) is 18.2. The Morgan fingerprint density at radius 2 is 1.90 bits per heavy atom. The van der Waals surface area contributed by atoms with E-state index >= 15 is 0 Å². The normalized spacial score (nSPS) is 14.4. The van der Waals surface area contributed by atoms with Crippen LogP contribution in [-0.2, 0) is 4.79 Å². The Kier molecular flexibility index (Phi) is 5.52. The van der Waals surface area contributed by atoms with Gasteiger partial charge in [0.25, 0.3) is 11.6 Å². The fraction of sp³-hybridized carbons (Fsp3) is 0.286. The molecule has 160 valence electrons. The fourth-order valence-corrected chi connectivity index (χ4v) is 3.63. The van der Waals surface area contributed by atoms with Crippen molar-refractivity contribution in [1.82, 2.24) is 14.7 Å². The van der Waals surface area contributed by atoms with Crippen LogP contribution in [0.25, 0.3) is 5.69 Å². The Balaban J connectivity index is 1.41. The summed E-state index contributed by atoms with van der Waals surface area (Å²) in [6, 6.07) is 11.0. The third-order valence-electron chi connectivity index (χ3n) is 5.27. The van der Waals surface area contributed by atoms with Gasteiger partial charge in [-0.2, -0.15) is 5.10 Å². The summed E-state index contributed by atoms with van der Waals surface area (Å²) in [5.41, 5.74) is 1.29. The molecule has 0 atom stereocenters. The van der Waals surface area contributed by atoms with Gasteiger partial charge in [-0.15, -0.1) is 0 Å². The molecule has 1 saturated heterocycles. The third-order valence-corrected chi connectivity index (χ3v) is 5.27. The molecule has 0 radical (unpaired) electrons. The second kappa shape index (κ2) is 8.42. The number of anilines is 1. The van der Waals surface area contributed by atoms with Crippen molar-refractivity contribution in [3.8, 4) is 5.69 Å². The molecule has 0 spiro atoms. The van der Waals surface area contributed by atoms with E-state index in [-0.39, 0.29) is 23.4 Å². The Morgan fingerprint density at radius 3 is 2.52 bits per heavy atom. The first-order chi connectivity index (χ1) is 14.9. The van der Waals surface area contributed by atoms with E-state index in [1.807, 2.05) is 0 Å². The van der Waals surface area contributed by atoms with Crippen molar-refractivity contribution in [2.45, 2.75) is 19.8 Å². The standard InChI is InChI=1S/C21H21N5O5/c1-14-13-19(25(23-14)16-4-6-17(7-5-16)26(29)30)22-20(27)15-8-10-24(11-9-15)21(28)18-3-2-12-31-18/h2-7,12-13,15H,8-11H2,1H3,(H,22,27). The van der Waals surface area contributed by atoms with Crippen molar-refractivity contribution in [2.24, 2.45) is 5.92 Å². The first-order valence-corrected chi connectivity index (χ1v) is 9.87. The summed E-state index contributed by atoms with van der Waals surface area (Å²) in [6.45, 7) is 2.74. The summed E-state index contributed by atoms with van der Waals surface area (Å²) >= 11 is 0. The van der Waals surface area contributed by atoms with Crippen LogP contribution in [0.3, 0.4) is 0 Å². The van der Waals surface area contributed by atoms with Crippen molar-refractivity contribution in [3.05, 3.63) is 70.3 Å². The largest absolute Gasteiger partial charge is 0.459 e. The van der Waals surface area contributed by atoms with Gasteiger partial charge in [-0.3, -0.25) is 19.7 Å². The van der Waals surface area contributed by atoms with Gasteiger partial charge < -0.3 is 14.6 Å². The molecule has 2 amide bonds. The molecule has 1 aliphatic heterocycles. The van der Waals surface area contributed by atoms with Gasteiger partial charge in [0.15, 0.2) is 5.76 Å². The molecular formula is C21H21N5O5. The summed E-state index contributed by atoms with van der Waals surface area (Å²) in [7, 11) is 0. The molecule has 4 rings (SSSR count). The third kappa shape index (κ3) is 4.32. The minimum absolute atomic E-state index is 0.0194. The number of hydrogen-bond donors (Lipinski definition) is 1. The Hall–Kier alpha value is -3.95. The lowest BCUT2D eigenvalue weighted by atomic mass is 9.95. The number of hydrogen-bond acceptors (Lipinski definition) is 6. The number of carbonyl (C=O) groups excluding carboxylic acids is 2. The van der Waals surface area contributed by atoms with Crippen LogP contribution >= 0.6 is 0 Å². The quantitative estimate of drug-likeness (QED) is 0.497. The molecule has 0 aliphatic carbocycles. The van der Waals surface area contributed by atoms with Crippen molar-refractivity contribution in [1.29, 1.82) is 0 Å². The molecule has 1 aromatic carbocycles. The smallest absolute Gasteiger partial charge is 0.289 e. The monoisotopic (exact) mass is 423 g/mol. The molecule has 3 aromatic rings. The summed E-state index contributed by atoms with van der Waals surface area (Å²) in [4.78, 5) is 37.3. The van der Waals surface area contributed by atoms with E-state index in [9.17, 15) is 19.7 Å². The van der Waals surface area contributed by atoms with Gasteiger partial charge in [0.1, 0.15) is 5.82 Å². The van der Waals surface area contributed by atoms with Gasteiger partial charge in [0.05, 0.1) is 22.6 Å². The van der Waals surface area contributed by atoms with Crippen LogP contribution < -0.4 is 5.32 Å². The van der Waals surface area contributed by atoms with E-state index in [2.05, 4.69) is 10.4 Å². The molecule has 1 fully saturated rings. The Bertz CT molecular complexity index is 1100. The van der Waals surface area contributed by atoms with E-state index in [1.54, 1.807) is 46.8 Å². The number of benzene rings is 1. The van der Waals surface area contributed by atoms with E-state index in [1.165, 1.54) is 18.4 Å². The number of carbonyl (C=O) groups is 2. The number of nitro benzene ring substituents is 1. The summed E-state index contributed by atoms with van der Waals surface area (Å²) in [6.07, 6.45) is 2.55. The number of aryl methyl sites for hydroxylation is 1. The number of piperidine rings is 1. The molecule has 2 aromatic heterocycles. The predicted octanol–water partition coefficient (Wildman–Crippen LogP) is 3.17. The maximum Gasteiger partial charge on any atom is 0.289 e. The molecule has 0 saturated carbocycles. The number of nitrogens with zero attached hydrogens (tertiary/aromatic N) is 4. The number of likely N-dealkylation sites (tertiary alicyclic amines) is 1. The van der Waals surface area contributed by atoms with Crippen LogP contribution in [0.4, 0.5) is 11.5 Å². The van der Waals surface area contributed by atoms with Crippen molar-refractivity contribution >= 4 is 23.3 Å². The highest BCUT2D eigenvalue weighted by Crippen LogP contribution is 2.24. The fourth-order valence-electron chi connectivity index (χ4n) is 3.63. The molecule has 31 heavy (non-hydrogen) atoms. The molecule has 0 unspecified atom stereocenters. The zero-order valence-electron chi connectivity index (χ0n) is 16.9. The van der Waals surface area contributed by atoms with Crippen LogP contribution in [0, 0.1) is 23.0 Å². The zero-order valence-corrected chi connectivity index (χ0v) is 16.9. The second-order valence-electron chi connectivity index (χ2n) is 7.39.